The van der Waals surface area contributed by atoms with Crippen molar-refractivity contribution in [2.24, 2.45) is 0 Å². The van der Waals surface area contributed by atoms with Crippen molar-refractivity contribution in [3.8, 4) is 0 Å². The van der Waals surface area contributed by atoms with Crippen LogP contribution in [0, 0.1) is 10.1 Å². The number of fused-ring (bicyclic) bond motifs is 1. The van der Waals surface area contributed by atoms with E-state index in [1.807, 2.05) is 0 Å². The van der Waals surface area contributed by atoms with Gasteiger partial charge in [0.25, 0.3) is 5.69 Å². The van der Waals surface area contributed by atoms with Crippen LogP contribution in [0.1, 0.15) is 11.1 Å². The lowest BCUT2D eigenvalue weighted by atomic mass is 9.99. The van der Waals surface area contributed by atoms with Crippen LogP contribution >= 0.6 is 0 Å². The first-order chi connectivity index (χ1) is 8.79. The first-order valence-corrected chi connectivity index (χ1v) is 5.56. The molecule has 1 aliphatic heterocycles. The number of hydrogen-bond donors (Lipinski definition) is 0. The maximum Gasteiger partial charge on any atom is 0.430 e. The number of alkyl halides is 3. The Morgan fingerprint density at radius 1 is 1.37 bits per heavy atom. The molecule has 0 N–H and O–H groups in total. The molecular formula is C12H11F3N2O2. The molecule has 19 heavy (non-hydrogen) atoms. The summed E-state index contributed by atoms with van der Waals surface area (Å²) in [6.45, 7) is 3.25. The van der Waals surface area contributed by atoms with E-state index in [-0.39, 0.29) is 18.8 Å². The molecule has 0 bridgehead atoms. The molecule has 0 aliphatic carbocycles. The number of benzene rings is 1. The summed E-state index contributed by atoms with van der Waals surface area (Å²) in [4.78, 5) is 11.2. The molecule has 7 heteroatoms. The van der Waals surface area contributed by atoms with Gasteiger partial charge in [-0.15, -0.1) is 0 Å². The fraction of sp³-hybridized carbons (Fsp3) is 0.333. The molecule has 0 aromatic heterocycles. The maximum atomic E-state index is 12.6. The van der Waals surface area contributed by atoms with Crippen molar-refractivity contribution >= 4 is 5.69 Å². The molecule has 0 radical (unpaired) electrons. The van der Waals surface area contributed by atoms with Crippen molar-refractivity contribution in [3.63, 3.8) is 0 Å². The Labute approximate surface area is 107 Å². The molecule has 0 saturated heterocycles. The second kappa shape index (κ2) is 4.56. The highest BCUT2D eigenvalue weighted by molar-refractivity contribution is 5.41. The Balaban J connectivity index is 2.25. The molecule has 4 nitrogen and oxygen atoms in total. The Morgan fingerprint density at radius 2 is 2.05 bits per heavy atom. The molecule has 1 heterocycles. The van der Waals surface area contributed by atoms with Crippen molar-refractivity contribution in [1.82, 2.24) is 4.90 Å². The van der Waals surface area contributed by atoms with E-state index >= 15 is 0 Å². The van der Waals surface area contributed by atoms with E-state index in [1.54, 1.807) is 6.07 Å². The number of non-ortho nitro benzene ring substituents is 1. The van der Waals surface area contributed by atoms with Crippen LogP contribution in [0.3, 0.4) is 0 Å². The van der Waals surface area contributed by atoms with Gasteiger partial charge in [0.05, 0.1) is 4.92 Å². The molecule has 1 aromatic carbocycles. The van der Waals surface area contributed by atoms with E-state index in [0.717, 1.165) is 10.5 Å². The van der Waals surface area contributed by atoms with E-state index < -0.39 is 16.8 Å². The molecule has 0 amide bonds. The Bertz CT molecular complexity index is 540. The third kappa shape index (κ3) is 2.69. The van der Waals surface area contributed by atoms with Crippen LogP contribution in [0.4, 0.5) is 18.9 Å². The van der Waals surface area contributed by atoms with E-state index in [0.29, 0.717) is 12.0 Å². The van der Waals surface area contributed by atoms with Gasteiger partial charge in [-0.05, 0) is 17.5 Å². The highest BCUT2D eigenvalue weighted by atomic mass is 19.4. The second-order valence-corrected chi connectivity index (χ2v) is 4.33. The maximum absolute atomic E-state index is 12.6. The predicted molar refractivity (Wildman–Crippen MR) is 62.4 cm³/mol. The summed E-state index contributed by atoms with van der Waals surface area (Å²) in [5, 5.41) is 10.7. The zero-order valence-corrected chi connectivity index (χ0v) is 9.91. The van der Waals surface area contributed by atoms with Crippen LogP contribution in [-0.4, -0.2) is 22.5 Å². The highest BCUT2D eigenvalue weighted by Crippen LogP contribution is 2.32. The Morgan fingerprint density at radius 3 is 2.63 bits per heavy atom. The lowest BCUT2D eigenvalue weighted by Crippen LogP contribution is -2.35. The van der Waals surface area contributed by atoms with Gasteiger partial charge in [-0.25, -0.2) is 0 Å². The molecule has 2 rings (SSSR count). The SMILES string of the molecule is C=C(N1CCc2ccc([N+](=O)[O-])cc2C1)C(F)(F)F. The molecule has 0 fully saturated rings. The normalized spacial score (nSPS) is 15.0. The van der Waals surface area contributed by atoms with E-state index in [1.165, 1.54) is 12.1 Å². The van der Waals surface area contributed by atoms with Crippen molar-refractivity contribution in [3.05, 3.63) is 51.7 Å². The van der Waals surface area contributed by atoms with Crippen LogP contribution in [0.5, 0.6) is 0 Å². The van der Waals surface area contributed by atoms with Crippen molar-refractivity contribution in [2.45, 2.75) is 19.1 Å². The molecule has 0 atom stereocenters. The summed E-state index contributed by atoms with van der Waals surface area (Å²) in [6.07, 6.45) is -4.05. The van der Waals surface area contributed by atoms with Gasteiger partial charge in [-0.2, -0.15) is 13.2 Å². The molecular weight excluding hydrogens is 261 g/mol. The van der Waals surface area contributed by atoms with Gasteiger partial charge >= 0.3 is 6.18 Å². The van der Waals surface area contributed by atoms with Gasteiger partial charge in [0.1, 0.15) is 5.70 Å². The lowest BCUT2D eigenvalue weighted by Gasteiger charge is -2.32. The molecule has 102 valence electrons. The van der Waals surface area contributed by atoms with Crippen LogP contribution < -0.4 is 0 Å². The number of allylic oxidation sites excluding steroid dienone is 1. The minimum Gasteiger partial charge on any atom is -0.363 e. The van der Waals surface area contributed by atoms with Gasteiger partial charge in [0, 0.05) is 25.2 Å². The second-order valence-electron chi connectivity index (χ2n) is 4.33. The third-order valence-corrected chi connectivity index (χ3v) is 3.12. The molecule has 1 aromatic rings. The summed E-state index contributed by atoms with van der Waals surface area (Å²) in [7, 11) is 0. The topological polar surface area (TPSA) is 46.4 Å². The number of hydrogen-bond acceptors (Lipinski definition) is 3. The van der Waals surface area contributed by atoms with Crippen LogP contribution in [-0.2, 0) is 13.0 Å². The minimum absolute atomic E-state index is 0.00461. The number of nitrogens with zero attached hydrogens (tertiary/aromatic N) is 2. The largest absolute Gasteiger partial charge is 0.430 e. The van der Waals surface area contributed by atoms with Crippen LogP contribution in [0.2, 0.25) is 0 Å². The predicted octanol–water partition coefficient (Wildman–Crippen LogP) is 3.03. The number of halogens is 3. The quantitative estimate of drug-likeness (QED) is 0.614. The Kier molecular flexibility index (Phi) is 3.21. The number of nitro benzene ring substituents is 1. The number of rotatable bonds is 2. The molecule has 0 spiro atoms. The molecule has 1 aliphatic rings. The Hall–Kier alpha value is -2.05. The fourth-order valence-corrected chi connectivity index (χ4v) is 2.07. The minimum atomic E-state index is -4.47. The van der Waals surface area contributed by atoms with E-state index in [9.17, 15) is 23.3 Å². The summed E-state index contributed by atoms with van der Waals surface area (Å²) in [6, 6.07) is 4.29. The molecule has 0 unspecified atom stereocenters. The smallest absolute Gasteiger partial charge is 0.363 e. The van der Waals surface area contributed by atoms with Gasteiger partial charge in [0.15, 0.2) is 0 Å². The van der Waals surface area contributed by atoms with Gasteiger partial charge in [0.2, 0.25) is 0 Å². The summed E-state index contributed by atoms with van der Waals surface area (Å²) >= 11 is 0. The van der Waals surface area contributed by atoms with E-state index in [2.05, 4.69) is 6.58 Å². The van der Waals surface area contributed by atoms with Crippen molar-refractivity contribution < 1.29 is 18.1 Å². The van der Waals surface area contributed by atoms with Gasteiger partial charge in [-0.1, -0.05) is 12.6 Å². The lowest BCUT2D eigenvalue weighted by molar-refractivity contribution is -0.385. The average Bonchev–Trinajstić information content (AvgIpc) is 2.35. The highest BCUT2D eigenvalue weighted by Gasteiger charge is 2.37. The van der Waals surface area contributed by atoms with Crippen molar-refractivity contribution in [1.29, 1.82) is 0 Å². The third-order valence-electron chi connectivity index (χ3n) is 3.12. The zero-order valence-electron chi connectivity index (χ0n) is 9.91. The van der Waals surface area contributed by atoms with E-state index in [4.69, 9.17) is 0 Å². The van der Waals surface area contributed by atoms with Crippen molar-refractivity contribution in [2.75, 3.05) is 6.54 Å². The first kappa shape index (κ1) is 13.4. The average molecular weight is 272 g/mol. The first-order valence-electron chi connectivity index (χ1n) is 5.56. The number of nitro groups is 1. The van der Waals surface area contributed by atoms with Gasteiger partial charge < -0.3 is 4.90 Å². The summed E-state index contributed by atoms with van der Waals surface area (Å²) in [5.41, 5.74) is 0.366. The van der Waals surface area contributed by atoms with Crippen LogP contribution in [0.15, 0.2) is 30.5 Å². The van der Waals surface area contributed by atoms with Crippen LogP contribution in [0.25, 0.3) is 0 Å². The standard InChI is InChI=1S/C12H11F3N2O2/c1-8(12(13,14)15)16-5-4-9-2-3-11(17(18)19)6-10(9)7-16/h2-3,6H,1,4-5,7H2. The summed E-state index contributed by atoms with van der Waals surface area (Å²) < 4.78 is 37.7. The zero-order chi connectivity index (χ0) is 14.2. The molecule has 0 saturated carbocycles. The summed E-state index contributed by atoms with van der Waals surface area (Å²) in [5.74, 6) is 0. The monoisotopic (exact) mass is 272 g/mol. The van der Waals surface area contributed by atoms with Gasteiger partial charge in [-0.3, -0.25) is 10.1 Å². The fourth-order valence-electron chi connectivity index (χ4n) is 2.07.